The molecule has 0 heterocycles. The van der Waals surface area contributed by atoms with Gasteiger partial charge in [-0.3, -0.25) is 9.98 Å². The molecule has 190 valence electrons. The van der Waals surface area contributed by atoms with Gasteiger partial charge in [-0.1, -0.05) is 121 Å². The molecule has 38 heavy (non-hydrogen) atoms. The van der Waals surface area contributed by atoms with E-state index >= 15 is 0 Å². The predicted octanol–water partition coefficient (Wildman–Crippen LogP) is 8.59. The zero-order valence-electron chi connectivity index (χ0n) is 21.9. The molecule has 4 atom stereocenters. The third kappa shape index (κ3) is 5.27. The van der Waals surface area contributed by atoms with Gasteiger partial charge in [-0.25, -0.2) is 0 Å². The van der Waals surface area contributed by atoms with E-state index in [2.05, 4.69) is 121 Å². The lowest BCUT2D eigenvalue weighted by atomic mass is 9.88. The summed E-state index contributed by atoms with van der Waals surface area (Å²) in [7, 11) is 0. The van der Waals surface area contributed by atoms with Crippen molar-refractivity contribution in [3.63, 3.8) is 0 Å². The van der Waals surface area contributed by atoms with E-state index in [1.165, 1.54) is 22.3 Å². The maximum atomic E-state index is 5.22. The minimum absolute atomic E-state index is 0.227. The molecule has 0 amide bonds. The van der Waals surface area contributed by atoms with Crippen LogP contribution in [0.1, 0.15) is 71.6 Å². The van der Waals surface area contributed by atoms with Crippen LogP contribution in [-0.4, -0.2) is 24.5 Å². The van der Waals surface area contributed by atoms with Crippen LogP contribution in [0.15, 0.2) is 131 Å². The molecule has 0 bridgehead atoms. The Labute approximate surface area is 227 Å². The molecule has 2 fully saturated rings. The summed E-state index contributed by atoms with van der Waals surface area (Å²) in [6.45, 7) is 0. The maximum absolute atomic E-state index is 5.22. The standard InChI is InChI=1S/C36H36N2/c1-5-13-27(14-6-1)31-21-22-32(28-15-7-2-8-16-28)35(31)37-25-26-38-36-33(29-17-9-3-10-18-29)23-24-34(36)30-19-11-4-12-20-30/h1-20,25-26,31-36H,21-24H2/t31-,32-,33-,34-/m0/s1. The summed E-state index contributed by atoms with van der Waals surface area (Å²) >= 11 is 0. The van der Waals surface area contributed by atoms with Gasteiger partial charge in [0.15, 0.2) is 0 Å². The number of benzene rings is 4. The molecule has 0 unspecified atom stereocenters. The molecule has 4 aromatic carbocycles. The zero-order chi connectivity index (χ0) is 25.6. The molecule has 2 saturated carbocycles. The van der Waals surface area contributed by atoms with E-state index < -0.39 is 0 Å². The van der Waals surface area contributed by atoms with Gasteiger partial charge in [0, 0.05) is 36.1 Å². The summed E-state index contributed by atoms with van der Waals surface area (Å²) in [5.41, 5.74) is 5.59. The lowest BCUT2D eigenvalue weighted by Gasteiger charge is -2.23. The van der Waals surface area contributed by atoms with Crippen LogP contribution in [-0.2, 0) is 0 Å². The summed E-state index contributed by atoms with van der Waals surface area (Å²) in [6, 6.07) is 44.2. The molecule has 0 radical (unpaired) electrons. The van der Waals surface area contributed by atoms with Gasteiger partial charge in [-0.2, -0.15) is 0 Å². The third-order valence-electron chi connectivity index (χ3n) is 8.72. The van der Waals surface area contributed by atoms with Gasteiger partial charge >= 0.3 is 0 Å². The van der Waals surface area contributed by atoms with E-state index in [1.807, 2.05) is 12.4 Å². The predicted molar refractivity (Wildman–Crippen MR) is 160 cm³/mol. The second kappa shape index (κ2) is 11.7. The van der Waals surface area contributed by atoms with Gasteiger partial charge in [-0.05, 0) is 47.9 Å². The van der Waals surface area contributed by atoms with Crippen molar-refractivity contribution in [1.82, 2.24) is 0 Å². The Morgan fingerprint density at radius 2 is 0.605 bits per heavy atom. The monoisotopic (exact) mass is 496 g/mol. The first-order chi connectivity index (χ1) is 18.9. The van der Waals surface area contributed by atoms with Crippen molar-refractivity contribution in [3.8, 4) is 0 Å². The summed E-state index contributed by atoms with van der Waals surface area (Å²) < 4.78 is 0. The third-order valence-corrected chi connectivity index (χ3v) is 8.72. The van der Waals surface area contributed by atoms with E-state index in [9.17, 15) is 0 Å². The van der Waals surface area contributed by atoms with Gasteiger partial charge in [0.2, 0.25) is 0 Å². The topological polar surface area (TPSA) is 24.7 Å². The number of hydrogen-bond donors (Lipinski definition) is 0. The molecule has 2 nitrogen and oxygen atoms in total. The van der Waals surface area contributed by atoms with Crippen LogP contribution < -0.4 is 0 Å². The first-order valence-corrected chi connectivity index (χ1v) is 14.1. The fourth-order valence-corrected chi connectivity index (χ4v) is 6.91. The normalized spacial score (nSPS) is 24.5. The van der Waals surface area contributed by atoms with Crippen molar-refractivity contribution in [3.05, 3.63) is 144 Å². The molecule has 6 rings (SSSR count). The highest BCUT2D eigenvalue weighted by atomic mass is 14.9. The number of hydrogen-bond acceptors (Lipinski definition) is 2. The second-order valence-corrected chi connectivity index (χ2v) is 10.8. The summed E-state index contributed by atoms with van der Waals surface area (Å²) in [5.74, 6) is 1.75. The van der Waals surface area contributed by atoms with Gasteiger partial charge < -0.3 is 0 Å². The van der Waals surface area contributed by atoms with Gasteiger partial charge in [0.1, 0.15) is 0 Å². The largest absolute Gasteiger partial charge is 0.287 e. The Hall–Kier alpha value is -3.78. The molecule has 0 aliphatic heterocycles. The van der Waals surface area contributed by atoms with Gasteiger partial charge in [0.05, 0.1) is 12.1 Å². The molecular formula is C36H36N2. The smallest absolute Gasteiger partial charge is 0.0637 e. The average Bonchev–Trinajstić information content (AvgIpc) is 3.62. The van der Waals surface area contributed by atoms with Crippen molar-refractivity contribution in [1.29, 1.82) is 0 Å². The van der Waals surface area contributed by atoms with E-state index in [0.717, 1.165) is 25.7 Å². The van der Waals surface area contributed by atoms with E-state index in [4.69, 9.17) is 9.98 Å². The molecule has 0 saturated heterocycles. The van der Waals surface area contributed by atoms with E-state index in [0.29, 0.717) is 23.7 Å². The highest BCUT2D eigenvalue weighted by Gasteiger charge is 2.38. The highest BCUT2D eigenvalue weighted by molar-refractivity contribution is 6.16. The Kier molecular flexibility index (Phi) is 7.58. The molecule has 2 heteroatoms. The maximum Gasteiger partial charge on any atom is 0.0637 e. The van der Waals surface area contributed by atoms with Gasteiger partial charge in [0.25, 0.3) is 0 Å². The van der Waals surface area contributed by atoms with Crippen molar-refractivity contribution in [2.75, 3.05) is 0 Å². The van der Waals surface area contributed by atoms with Crippen molar-refractivity contribution in [2.24, 2.45) is 9.98 Å². The quantitative estimate of drug-likeness (QED) is 0.229. The Bertz CT molecular complexity index is 1130. The minimum Gasteiger partial charge on any atom is -0.287 e. The number of aliphatic imine (C=N–C) groups is 2. The average molecular weight is 497 g/mol. The molecule has 0 spiro atoms. The molecule has 0 aromatic heterocycles. The van der Waals surface area contributed by atoms with Crippen LogP contribution in [0, 0.1) is 0 Å². The Morgan fingerprint density at radius 1 is 0.368 bits per heavy atom. The van der Waals surface area contributed by atoms with Crippen molar-refractivity contribution in [2.45, 2.75) is 61.4 Å². The Morgan fingerprint density at radius 3 is 0.842 bits per heavy atom. The summed E-state index contributed by atoms with van der Waals surface area (Å²) in [4.78, 5) is 10.4. The fourth-order valence-electron chi connectivity index (χ4n) is 6.91. The lowest BCUT2D eigenvalue weighted by molar-refractivity contribution is 0.566. The highest BCUT2D eigenvalue weighted by Crippen LogP contribution is 2.47. The molecule has 2 aliphatic carbocycles. The van der Waals surface area contributed by atoms with Crippen LogP contribution >= 0.6 is 0 Å². The second-order valence-electron chi connectivity index (χ2n) is 10.8. The number of rotatable bonds is 7. The fraction of sp³-hybridized carbons (Fsp3) is 0.278. The van der Waals surface area contributed by atoms with Crippen LogP contribution in [0.25, 0.3) is 0 Å². The van der Waals surface area contributed by atoms with Crippen LogP contribution in [0.2, 0.25) is 0 Å². The first kappa shape index (κ1) is 24.6. The minimum atomic E-state index is 0.227. The lowest BCUT2D eigenvalue weighted by Crippen LogP contribution is -2.18. The molecule has 2 aliphatic rings. The molecule has 4 aromatic rings. The van der Waals surface area contributed by atoms with Crippen LogP contribution in [0.5, 0.6) is 0 Å². The van der Waals surface area contributed by atoms with E-state index in [1.54, 1.807) is 0 Å². The van der Waals surface area contributed by atoms with Crippen molar-refractivity contribution >= 4 is 12.4 Å². The summed E-state index contributed by atoms with van der Waals surface area (Å²) in [5, 5.41) is 0. The van der Waals surface area contributed by atoms with E-state index in [-0.39, 0.29) is 12.1 Å². The van der Waals surface area contributed by atoms with Gasteiger partial charge in [-0.15, -0.1) is 0 Å². The molecule has 0 N–H and O–H groups in total. The zero-order valence-corrected chi connectivity index (χ0v) is 21.9. The number of nitrogens with zero attached hydrogens (tertiary/aromatic N) is 2. The first-order valence-electron chi connectivity index (χ1n) is 14.1. The van der Waals surface area contributed by atoms with Crippen molar-refractivity contribution < 1.29 is 0 Å². The van der Waals surface area contributed by atoms with Crippen LogP contribution in [0.3, 0.4) is 0 Å². The van der Waals surface area contributed by atoms with Crippen LogP contribution in [0.4, 0.5) is 0 Å². The Balaban J connectivity index is 1.27. The summed E-state index contributed by atoms with van der Waals surface area (Å²) in [6.07, 6.45) is 8.67. The molecular weight excluding hydrogens is 460 g/mol. The SMILES string of the molecule is C(C=NC1[C@H](c2ccccc2)CC[C@H]1c1ccccc1)=NC1[C@H](c2ccccc2)CC[C@H]1c1ccccc1.